The van der Waals surface area contributed by atoms with Crippen LogP contribution >= 0.6 is 0 Å². The Morgan fingerprint density at radius 1 is 1.11 bits per heavy atom. The maximum absolute atomic E-state index is 12.4. The first-order valence-corrected chi connectivity index (χ1v) is 9.69. The molecule has 3 heterocycles. The molecule has 28 heavy (non-hydrogen) atoms. The number of benzene rings is 1. The van der Waals surface area contributed by atoms with Gasteiger partial charge in [-0.1, -0.05) is 30.3 Å². The maximum Gasteiger partial charge on any atom is 0.270 e. The molecule has 144 valence electrons. The summed E-state index contributed by atoms with van der Waals surface area (Å²) in [6.07, 6.45) is 6.43. The SMILES string of the molecule is O=C(NCc1ccco1)c1cc(N2CCC(Cc3ccccc3)CC2)ncn1. The standard InChI is InChI=1S/C22H24N4O2/c27-22(23-15-19-7-4-12-28-19)20-14-21(25-16-24-20)26-10-8-18(9-11-26)13-17-5-2-1-3-6-17/h1-7,12,14,16,18H,8-11,13,15H2,(H,23,27). The van der Waals surface area contributed by atoms with Gasteiger partial charge in [-0.15, -0.1) is 0 Å². The zero-order valence-corrected chi connectivity index (χ0v) is 15.8. The minimum absolute atomic E-state index is 0.223. The number of carbonyl (C=O) groups excluding carboxylic acids is 1. The number of hydrogen-bond donors (Lipinski definition) is 1. The number of carbonyl (C=O) groups is 1. The molecule has 1 aromatic carbocycles. The Bertz CT molecular complexity index is 888. The highest BCUT2D eigenvalue weighted by Gasteiger charge is 2.21. The van der Waals surface area contributed by atoms with Gasteiger partial charge in [0.05, 0.1) is 12.8 Å². The number of amides is 1. The summed E-state index contributed by atoms with van der Waals surface area (Å²) in [5.41, 5.74) is 1.78. The molecular weight excluding hydrogens is 352 g/mol. The molecule has 0 bridgehead atoms. The highest BCUT2D eigenvalue weighted by molar-refractivity contribution is 5.92. The van der Waals surface area contributed by atoms with E-state index in [0.29, 0.717) is 23.9 Å². The molecule has 1 N–H and O–H groups in total. The van der Waals surface area contributed by atoms with Gasteiger partial charge in [0.15, 0.2) is 0 Å². The molecule has 1 aliphatic rings. The second-order valence-electron chi connectivity index (χ2n) is 7.14. The molecule has 1 amide bonds. The summed E-state index contributed by atoms with van der Waals surface area (Å²) in [5, 5.41) is 2.82. The van der Waals surface area contributed by atoms with Crippen molar-refractivity contribution in [3.8, 4) is 0 Å². The molecule has 1 fully saturated rings. The summed E-state index contributed by atoms with van der Waals surface area (Å²) >= 11 is 0. The molecule has 6 nitrogen and oxygen atoms in total. The molecular formula is C22H24N4O2. The fraction of sp³-hybridized carbons (Fsp3) is 0.318. The summed E-state index contributed by atoms with van der Waals surface area (Å²) in [6.45, 7) is 2.24. The lowest BCUT2D eigenvalue weighted by Gasteiger charge is -2.33. The molecule has 1 saturated heterocycles. The lowest BCUT2D eigenvalue weighted by molar-refractivity contribution is 0.0943. The topological polar surface area (TPSA) is 71.3 Å². The Labute approximate surface area is 164 Å². The molecule has 0 atom stereocenters. The predicted octanol–water partition coefficient (Wildman–Crippen LogP) is 3.46. The van der Waals surface area contributed by atoms with Crippen LogP contribution in [0.25, 0.3) is 0 Å². The summed E-state index contributed by atoms with van der Waals surface area (Å²) in [7, 11) is 0. The van der Waals surface area contributed by atoms with Crippen LogP contribution in [-0.2, 0) is 13.0 Å². The van der Waals surface area contributed by atoms with Crippen molar-refractivity contribution in [1.82, 2.24) is 15.3 Å². The lowest BCUT2D eigenvalue weighted by Crippen LogP contribution is -2.35. The molecule has 0 spiro atoms. The lowest BCUT2D eigenvalue weighted by atomic mass is 9.90. The van der Waals surface area contributed by atoms with Crippen molar-refractivity contribution in [2.75, 3.05) is 18.0 Å². The Morgan fingerprint density at radius 3 is 2.68 bits per heavy atom. The van der Waals surface area contributed by atoms with Crippen molar-refractivity contribution in [2.24, 2.45) is 5.92 Å². The monoisotopic (exact) mass is 376 g/mol. The van der Waals surface area contributed by atoms with E-state index in [4.69, 9.17) is 4.42 Å². The third kappa shape index (κ3) is 4.57. The van der Waals surface area contributed by atoms with Gasteiger partial charge >= 0.3 is 0 Å². The van der Waals surface area contributed by atoms with E-state index in [1.807, 2.05) is 6.07 Å². The van der Waals surface area contributed by atoms with Crippen LogP contribution < -0.4 is 10.2 Å². The van der Waals surface area contributed by atoms with Crippen LogP contribution in [0.3, 0.4) is 0 Å². The molecule has 6 heteroatoms. The van der Waals surface area contributed by atoms with Gasteiger partial charge < -0.3 is 14.6 Å². The summed E-state index contributed by atoms with van der Waals surface area (Å²) in [6, 6.07) is 16.1. The number of anilines is 1. The number of hydrogen-bond acceptors (Lipinski definition) is 5. The third-order valence-corrected chi connectivity index (χ3v) is 5.19. The van der Waals surface area contributed by atoms with Crippen molar-refractivity contribution in [2.45, 2.75) is 25.8 Å². The van der Waals surface area contributed by atoms with Crippen molar-refractivity contribution < 1.29 is 9.21 Å². The fourth-order valence-electron chi connectivity index (χ4n) is 3.63. The summed E-state index contributed by atoms with van der Waals surface area (Å²) < 4.78 is 5.24. The third-order valence-electron chi connectivity index (χ3n) is 5.19. The molecule has 3 aromatic rings. The van der Waals surface area contributed by atoms with E-state index in [-0.39, 0.29) is 5.91 Å². The van der Waals surface area contributed by atoms with Crippen molar-refractivity contribution >= 4 is 11.7 Å². The molecule has 0 unspecified atom stereocenters. The van der Waals surface area contributed by atoms with E-state index < -0.39 is 0 Å². The van der Waals surface area contributed by atoms with Gasteiger partial charge in [0.1, 0.15) is 23.6 Å². The second-order valence-corrected chi connectivity index (χ2v) is 7.14. The number of furan rings is 1. The Morgan fingerprint density at radius 2 is 1.93 bits per heavy atom. The van der Waals surface area contributed by atoms with Gasteiger partial charge in [0, 0.05) is 19.2 Å². The van der Waals surface area contributed by atoms with E-state index in [2.05, 4.69) is 50.5 Å². The van der Waals surface area contributed by atoms with Crippen molar-refractivity contribution in [3.63, 3.8) is 0 Å². The second kappa shape index (κ2) is 8.69. The van der Waals surface area contributed by atoms with Crippen LogP contribution in [0.5, 0.6) is 0 Å². The Hall–Kier alpha value is -3.15. The zero-order chi connectivity index (χ0) is 19.2. The number of piperidine rings is 1. The van der Waals surface area contributed by atoms with Crippen LogP contribution in [0.15, 0.2) is 65.5 Å². The van der Waals surface area contributed by atoms with Gasteiger partial charge in [-0.2, -0.15) is 0 Å². The number of nitrogens with zero attached hydrogens (tertiary/aromatic N) is 3. The van der Waals surface area contributed by atoms with Crippen LogP contribution in [0.2, 0.25) is 0 Å². The van der Waals surface area contributed by atoms with Crippen LogP contribution in [0.4, 0.5) is 5.82 Å². The minimum Gasteiger partial charge on any atom is -0.467 e. The Balaban J connectivity index is 1.32. The highest BCUT2D eigenvalue weighted by atomic mass is 16.3. The van der Waals surface area contributed by atoms with E-state index in [1.54, 1.807) is 18.4 Å². The minimum atomic E-state index is -0.223. The fourth-order valence-corrected chi connectivity index (χ4v) is 3.63. The van der Waals surface area contributed by atoms with Crippen LogP contribution in [0, 0.1) is 5.92 Å². The van der Waals surface area contributed by atoms with Crippen molar-refractivity contribution in [3.05, 3.63) is 78.1 Å². The van der Waals surface area contributed by atoms with E-state index in [9.17, 15) is 4.79 Å². The maximum atomic E-state index is 12.4. The van der Waals surface area contributed by atoms with E-state index >= 15 is 0 Å². The number of nitrogens with one attached hydrogen (secondary N) is 1. The number of rotatable bonds is 6. The average Bonchev–Trinajstić information content (AvgIpc) is 3.27. The quantitative estimate of drug-likeness (QED) is 0.713. The molecule has 4 rings (SSSR count). The van der Waals surface area contributed by atoms with E-state index in [1.165, 1.54) is 11.9 Å². The van der Waals surface area contributed by atoms with Gasteiger partial charge in [-0.3, -0.25) is 4.79 Å². The first-order chi connectivity index (χ1) is 13.8. The normalized spacial score (nSPS) is 14.8. The summed E-state index contributed by atoms with van der Waals surface area (Å²) in [5.74, 6) is 2.00. The van der Waals surface area contributed by atoms with Gasteiger partial charge in [-0.25, -0.2) is 9.97 Å². The molecule has 2 aromatic heterocycles. The van der Waals surface area contributed by atoms with Gasteiger partial charge in [0.25, 0.3) is 5.91 Å². The average molecular weight is 376 g/mol. The molecule has 1 aliphatic heterocycles. The Kier molecular flexibility index (Phi) is 5.66. The van der Waals surface area contributed by atoms with Crippen molar-refractivity contribution in [1.29, 1.82) is 0 Å². The predicted molar refractivity (Wildman–Crippen MR) is 107 cm³/mol. The van der Waals surface area contributed by atoms with Crippen LogP contribution in [0.1, 0.15) is 34.7 Å². The van der Waals surface area contributed by atoms with Gasteiger partial charge in [0.2, 0.25) is 0 Å². The first-order valence-electron chi connectivity index (χ1n) is 9.69. The zero-order valence-electron chi connectivity index (χ0n) is 15.8. The number of aromatic nitrogens is 2. The molecule has 0 saturated carbocycles. The first kappa shape index (κ1) is 18.2. The van der Waals surface area contributed by atoms with Gasteiger partial charge in [-0.05, 0) is 42.9 Å². The molecule has 0 aliphatic carbocycles. The highest BCUT2D eigenvalue weighted by Crippen LogP contribution is 2.24. The largest absolute Gasteiger partial charge is 0.467 e. The smallest absolute Gasteiger partial charge is 0.270 e. The van der Waals surface area contributed by atoms with Crippen LogP contribution in [-0.4, -0.2) is 29.0 Å². The molecule has 0 radical (unpaired) electrons. The van der Waals surface area contributed by atoms with E-state index in [0.717, 1.165) is 38.2 Å². The summed E-state index contributed by atoms with van der Waals surface area (Å²) in [4.78, 5) is 23.1.